The van der Waals surface area contributed by atoms with Crippen molar-refractivity contribution < 1.29 is 0 Å². The third-order valence-electron chi connectivity index (χ3n) is 11.1. The predicted octanol–water partition coefficient (Wildman–Crippen LogP) is 6.60. The number of hydrogen-bond acceptors (Lipinski definition) is 1. The first-order chi connectivity index (χ1) is 14.4. The van der Waals surface area contributed by atoms with Gasteiger partial charge < -0.3 is 0 Å². The Morgan fingerprint density at radius 3 is 1.29 bits per heavy atom. The van der Waals surface area contributed by atoms with Crippen molar-refractivity contribution in [1.82, 2.24) is 0 Å². The molecular weight excluding hydrogens is 492 g/mol. The van der Waals surface area contributed by atoms with Crippen LogP contribution in [0.5, 0.6) is 0 Å². The van der Waals surface area contributed by atoms with Gasteiger partial charge in [0.1, 0.15) is 0 Å². The van der Waals surface area contributed by atoms with Gasteiger partial charge in [0, 0.05) is 0 Å². The maximum atomic E-state index is 13.3. The fourth-order valence-corrected chi connectivity index (χ4v) is 16.7. The molecule has 0 aliphatic heterocycles. The van der Waals surface area contributed by atoms with E-state index in [9.17, 15) is 4.79 Å². The fraction of sp³-hybridized carbons (Fsp3) is 0.828. The molecule has 1 aromatic rings. The van der Waals surface area contributed by atoms with E-state index in [0.29, 0.717) is 37.9 Å². The maximum absolute atomic E-state index is 13.3. The van der Waals surface area contributed by atoms with Gasteiger partial charge in [-0.2, -0.15) is 0 Å². The fourth-order valence-electron chi connectivity index (χ4n) is 12.4. The van der Waals surface area contributed by atoms with Gasteiger partial charge in [0.2, 0.25) is 0 Å². The van der Waals surface area contributed by atoms with E-state index in [1.807, 2.05) is 0 Å². The second-order valence-electron chi connectivity index (χ2n) is 15.3. The molecular formula is C29H40OTe. The van der Waals surface area contributed by atoms with E-state index in [2.05, 4.69) is 39.8 Å². The van der Waals surface area contributed by atoms with E-state index >= 15 is 0 Å². The van der Waals surface area contributed by atoms with Gasteiger partial charge in [0.05, 0.1) is 0 Å². The Hall–Kier alpha value is -0.0604. The summed E-state index contributed by atoms with van der Waals surface area (Å²) in [4.78, 5) is 13.3. The summed E-state index contributed by atoms with van der Waals surface area (Å²) < 4.78 is 3.40. The minimum absolute atomic E-state index is 0.360. The Labute approximate surface area is 198 Å². The molecule has 1 aromatic heterocycles. The van der Waals surface area contributed by atoms with E-state index in [4.69, 9.17) is 0 Å². The SMILES string of the molecule is CC12CC3CC(C)(C1)CC(c1cc(=O)cc(C45CC6CC(C)(CC(C)(C6)C4)C5)[te]1)(C3)C2. The molecule has 0 N–H and O–H groups in total. The monoisotopic (exact) mass is 534 g/mol. The zero-order valence-corrected chi connectivity index (χ0v) is 22.4. The molecule has 1 nitrogen and oxygen atoms in total. The molecule has 8 fully saturated rings. The van der Waals surface area contributed by atoms with Crippen LogP contribution in [0, 0.1) is 33.5 Å². The van der Waals surface area contributed by atoms with Crippen LogP contribution in [0.1, 0.15) is 112 Å². The first kappa shape index (κ1) is 20.3. The predicted molar refractivity (Wildman–Crippen MR) is 128 cm³/mol. The van der Waals surface area contributed by atoms with Crippen molar-refractivity contribution in [1.29, 1.82) is 0 Å². The van der Waals surface area contributed by atoms with E-state index in [1.165, 1.54) is 77.0 Å². The normalized spacial score (nSPS) is 56.4. The summed E-state index contributed by atoms with van der Waals surface area (Å²) in [5.74, 6) is 1.84. The summed E-state index contributed by atoms with van der Waals surface area (Å²) in [5.41, 5.74) is 3.27. The molecule has 0 amide bonds. The summed E-state index contributed by atoms with van der Waals surface area (Å²) in [6.45, 7) is 10.4. The molecule has 8 saturated carbocycles. The van der Waals surface area contributed by atoms with Crippen molar-refractivity contribution in [3.05, 3.63) is 29.5 Å². The van der Waals surface area contributed by atoms with Crippen LogP contribution in [-0.2, 0) is 10.8 Å². The minimum atomic E-state index is -0.400. The Balaban J connectivity index is 1.35. The van der Waals surface area contributed by atoms with Crippen LogP contribution in [0.25, 0.3) is 0 Å². The second kappa shape index (κ2) is 5.77. The van der Waals surface area contributed by atoms with Gasteiger partial charge in [-0.15, -0.1) is 0 Å². The van der Waals surface area contributed by atoms with Crippen molar-refractivity contribution in [2.75, 3.05) is 0 Å². The van der Waals surface area contributed by atoms with Gasteiger partial charge in [-0.05, 0) is 0 Å². The quantitative estimate of drug-likeness (QED) is 0.393. The van der Waals surface area contributed by atoms with E-state index < -0.39 is 20.4 Å². The standard InChI is InChI=1S/C29H40OTe/c1-24-7-19-8-25(2,13-24)16-28(11-19,15-24)22-5-21(30)6-23(31-22)29-12-20-9-26(3,17-29)14-27(4,10-20)18-29/h5-6,19-20H,7-18H2,1-4H3. The Bertz CT molecular complexity index is 920. The molecule has 8 aliphatic carbocycles. The zero-order valence-electron chi connectivity index (χ0n) is 20.1. The molecule has 2 heteroatoms. The first-order valence-corrected chi connectivity index (χ1v) is 15.4. The molecule has 0 aromatic carbocycles. The Kier molecular flexibility index (Phi) is 3.78. The first-order valence-electron chi connectivity index (χ1n) is 13.1. The second-order valence-corrected chi connectivity index (χ2v) is 18.4. The van der Waals surface area contributed by atoms with Crippen LogP contribution in [0.15, 0.2) is 16.9 Å². The van der Waals surface area contributed by atoms with Crippen molar-refractivity contribution >= 4 is 20.4 Å². The topological polar surface area (TPSA) is 17.1 Å². The summed E-state index contributed by atoms with van der Waals surface area (Å²) in [5, 5.41) is 0. The van der Waals surface area contributed by atoms with Crippen molar-refractivity contribution in [3.8, 4) is 0 Å². The van der Waals surface area contributed by atoms with Crippen LogP contribution in [0.2, 0.25) is 0 Å². The molecule has 168 valence electrons. The van der Waals surface area contributed by atoms with Gasteiger partial charge in [-0.25, -0.2) is 0 Å². The van der Waals surface area contributed by atoms with Crippen LogP contribution in [0.4, 0.5) is 0 Å². The summed E-state index contributed by atoms with van der Waals surface area (Å²) >= 11 is -0.400. The van der Waals surface area contributed by atoms with E-state index in [-0.39, 0.29) is 0 Å². The van der Waals surface area contributed by atoms with Crippen LogP contribution >= 0.6 is 0 Å². The zero-order chi connectivity index (χ0) is 21.5. The number of hydrogen-bond donors (Lipinski definition) is 0. The molecule has 0 radical (unpaired) electrons. The molecule has 0 spiro atoms. The summed E-state index contributed by atoms with van der Waals surface area (Å²) in [6.07, 6.45) is 17.0. The molecule has 9 rings (SSSR count). The molecule has 4 unspecified atom stereocenters. The molecule has 8 bridgehead atoms. The molecule has 1 heterocycles. The van der Waals surface area contributed by atoms with Crippen molar-refractivity contribution in [3.63, 3.8) is 0 Å². The van der Waals surface area contributed by atoms with Crippen LogP contribution in [0.3, 0.4) is 0 Å². The third kappa shape index (κ3) is 2.89. The average Bonchev–Trinajstić information content (AvgIpc) is 2.54. The molecule has 8 aliphatic rings. The van der Waals surface area contributed by atoms with Crippen molar-refractivity contribution in [2.24, 2.45) is 33.5 Å². The van der Waals surface area contributed by atoms with Gasteiger partial charge in [0.25, 0.3) is 0 Å². The van der Waals surface area contributed by atoms with E-state index in [1.54, 1.807) is 7.16 Å². The third-order valence-corrected chi connectivity index (χ3v) is 15.5. The molecule has 0 saturated heterocycles. The summed E-state index contributed by atoms with van der Waals surface area (Å²) in [7, 11) is 0. The van der Waals surface area contributed by atoms with Crippen molar-refractivity contribution in [2.45, 2.75) is 116 Å². The van der Waals surface area contributed by atoms with Gasteiger partial charge >= 0.3 is 199 Å². The Morgan fingerprint density at radius 1 is 0.613 bits per heavy atom. The van der Waals surface area contributed by atoms with Gasteiger partial charge in [0.15, 0.2) is 0 Å². The molecule has 4 atom stereocenters. The molecule has 31 heavy (non-hydrogen) atoms. The van der Waals surface area contributed by atoms with Gasteiger partial charge in [-0.1, -0.05) is 0 Å². The number of rotatable bonds is 2. The Morgan fingerprint density at radius 2 is 0.968 bits per heavy atom. The van der Waals surface area contributed by atoms with E-state index in [0.717, 1.165) is 11.8 Å². The van der Waals surface area contributed by atoms with Crippen LogP contribution in [-0.4, -0.2) is 20.4 Å². The average molecular weight is 532 g/mol. The van der Waals surface area contributed by atoms with Crippen LogP contribution < -0.4 is 5.43 Å². The summed E-state index contributed by atoms with van der Waals surface area (Å²) in [6, 6.07) is 4.38. The van der Waals surface area contributed by atoms with Gasteiger partial charge in [-0.3, -0.25) is 0 Å².